The van der Waals surface area contributed by atoms with Gasteiger partial charge in [0.1, 0.15) is 11.4 Å². The van der Waals surface area contributed by atoms with Gasteiger partial charge in [0.05, 0.1) is 16.4 Å². The molecule has 20 heavy (non-hydrogen) atoms. The molecule has 1 fully saturated rings. The summed E-state index contributed by atoms with van der Waals surface area (Å²) in [4.78, 5) is 4.29. The second-order valence-electron chi connectivity index (χ2n) is 5.08. The highest BCUT2D eigenvalue weighted by Crippen LogP contribution is 2.57. The standard InChI is InChI=1S/C13H11BrClF3N2/c1-7(15)11-19-9-6-8(14)2-3-10(9)20(11)12(4-5-12)13(16,17)18/h2-3,6-7H,4-5H2,1H3. The number of imidazole rings is 1. The van der Waals surface area contributed by atoms with Crippen LogP contribution in [0.25, 0.3) is 11.0 Å². The van der Waals surface area contributed by atoms with E-state index in [0.717, 1.165) is 4.47 Å². The molecule has 3 rings (SSSR count). The molecular weight excluding hydrogens is 357 g/mol. The molecule has 0 bridgehead atoms. The number of hydrogen-bond acceptors (Lipinski definition) is 1. The lowest BCUT2D eigenvalue weighted by Gasteiger charge is -2.24. The molecule has 1 aromatic heterocycles. The van der Waals surface area contributed by atoms with Crippen molar-refractivity contribution in [1.29, 1.82) is 0 Å². The van der Waals surface area contributed by atoms with Gasteiger partial charge in [-0.05, 0) is 38.0 Å². The number of nitrogens with zero attached hydrogens (tertiary/aromatic N) is 2. The van der Waals surface area contributed by atoms with Crippen molar-refractivity contribution in [2.75, 3.05) is 0 Å². The molecular formula is C13H11BrClF3N2. The second kappa shape index (κ2) is 4.37. The average Bonchev–Trinajstić information content (AvgIpc) is 3.05. The first-order valence-electron chi connectivity index (χ1n) is 6.15. The van der Waals surface area contributed by atoms with E-state index in [1.54, 1.807) is 25.1 Å². The zero-order valence-corrected chi connectivity index (χ0v) is 12.8. The van der Waals surface area contributed by atoms with Gasteiger partial charge >= 0.3 is 6.18 Å². The Kier molecular flexibility index (Phi) is 3.10. The minimum atomic E-state index is -4.30. The summed E-state index contributed by atoms with van der Waals surface area (Å²) in [5.41, 5.74) is -0.837. The molecule has 0 radical (unpaired) electrons. The van der Waals surface area contributed by atoms with E-state index in [4.69, 9.17) is 11.6 Å². The molecule has 0 aliphatic heterocycles. The Morgan fingerprint density at radius 2 is 2.05 bits per heavy atom. The maximum absolute atomic E-state index is 13.4. The summed E-state index contributed by atoms with van der Waals surface area (Å²) in [6.45, 7) is 1.64. The molecule has 0 saturated heterocycles. The quantitative estimate of drug-likeness (QED) is 0.671. The van der Waals surface area contributed by atoms with E-state index in [1.165, 1.54) is 4.57 Å². The van der Waals surface area contributed by atoms with Crippen molar-refractivity contribution in [3.8, 4) is 0 Å². The summed E-state index contributed by atoms with van der Waals surface area (Å²) in [6, 6.07) is 5.08. The van der Waals surface area contributed by atoms with Crippen LogP contribution in [0.3, 0.4) is 0 Å². The predicted octanol–water partition coefficient (Wildman–Crippen LogP) is 5.15. The van der Waals surface area contributed by atoms with Crippen LogP contribution in [-0.2, 0) is 5.54 Å². The van der Waals surface area contributed by atoms with Gasteiger partial charge in [0.15, 0.2) is 0 Å². The van der Waals surface area contributed by atoms with Crippen molar-refractivity contribution in [2.24, 2.45) is 0 Å². The van der Waals surface area contributed by atoms with Crippen LogP contribution in [0.4, 0.5) is 13.2 Å². The normalized spacial score (nSPS) is 19.3. The fourth-order valence-corrected chi connectivity index (χ4v) is 3.04. The first-order valence-corrected chi connectivity index (χ1v) is 7.38. The van der Waals surface area contributed by atoms with E-state index in [2.05, 4.69) is 20.9 Å². The fraction of sp³-hybridized carbons (Fsp3) is 0.462. The summed E-state index contributed by atoms with van der Waals surface area (Å²) in [5.74, 6) is 0.273. The third kappa shape index (κ3) is 1.96. The number of benzene rings is 1. The van der Waals surface area contributed by atoms with E-state index in [9.17, 15) is 13.2 Å². The van der Waals surface area contributed by atoms with Crippen LogP contribution in [-0.4, -0.2) is 15.7 Å². The molecule has 1 aliphatic rings. The van der Waals surface area contributed by atoms with Crippen LogP contribution >= 0.6 is 27.5 Å². The molecule has 1 aliphatic carbocycles. The highest BCUT2D eigenvalue weighted by atomic mass is 79.9. The Morgan fingerprint density at radius 1 is 1.40 bits per heavy atom. The van der Waals surface area contributed by atoms with Crippen molar-refractivity contribution in [3.63, 3.8) is 0 Å². The van der Waals surface area contributed by atoms with Crippen molar-refractivity contribution >= 4 is 38.6 Å². The molecule has 0 N–H and O–H groups in total. The molecule has 1 aromatic carbocycles. The Labute approximate surface area is 127 Å². The van der Waals surface area contributed by atoms with Crippen molar-refractivity contribution in [2.45, 2.75) is 36.9 Å². The third-order valence-electron chi connectivity index (χ3n) is 3.68. The first-order chi connectivity index (χ1) is 9.26. The Hall–Kier alpha value is -0.750. The first kappa shape index (κ1) is 14.2. The minimum absolute atomic E-state index is 0.0780. The zero-order valence-electron chi connectivity index (χ0n) is 10.5. The number of alkyl halides is 4. The average molecular weight is 368 g/mol. The smallest absolute Gasteiger partial charge is 0.311 e. The van der Waals surface area contributed by atoms with Gasteiger partial charge in [0.25, 0.3) is 0 Å². The summed E-state index contributed by atoms with van der Waals surface area (Å²) < 4.78 is 42.3. The summed E-state index contributed by atoms with van der Waals surface area (Å²) in [6.07, 6.45) is -4.14. The zero-order chi connectivity index (χ0) is 14.7. The maximum Gasteiger partial charge on any atom is 0.412 e. The van der Waals surface area contributed by atoms with Crippen molar-refractivity contribution in [3.05, 3.63) is 28.5 Å². The van der Waals surface area contributed by atoms with Gasteiger partial charge in [0.2, 0.25) is 0 Å². The van der Waals surface area contributed by atoms with E-state index in [1.807, 2.05) is 0 Å². The van der Waals surface area contributed by atoms with Crippen LogP contribution in [0, 0.1) is 0 Å². The summed E-state index contributed by atoms with van der Waals surface area (Å²) >= 11 is 9.35. The fourth-order valence-electron chi connectivity index (χ4n) is 2.54. The number of fused-ring (bicyclic) bond motifs is 1. The lowest BCUT2D eigenvalue weighted by Crippen LogP contribution is -2.36. The third-order valence-corrected chi connectivity index (χ3v) is 4.37. The van der Waals surface area contributed by atoms with E-state index in [-0.39, 0.29) is 18.7 Å². The maximum atomic E-state index is 13.4. The van der Waals surface area contributed by atoms with Crippen LogP contribution in [0.2, 0.25) is 0 Å². The van der Waals surface area contributed by atoms with Gasteiger partial charge in [-0.15, -0.1) is 11.6 Å². The van der Waals surface area contributed by atoms with Gasteiger partial charge < -0.3 is 4.57 Å². The van der Waals surface area contributed by atoms with Gasteiger partial charge in [0, 0.05) is 4.47 Å². The number of halogens is 5. The molecule has 1 unspecified atom stereocenters. The van der Waals surface area contributed by atoms with Gasteiger partial charge in [-0.25, -0.2) is 4.98 Å². The summed E-state index contributed by atoms with van der Waals surface area (Å²) in [7, 11) is 0. The van der Waals surface area contributed by atoms with Crippen molar-refractivity contribution in [1.82, 2.24) is 9.55 Å². The lowest BCUT2D eigenvalue weighted by molar-refractivity contribution is -0.179. The highest BCUT2D eigenvalue weighted by molar-refractivity contribution is 9.10. The molecule has 1 atom stereocenters. The largest absolute Gasteiger partial charge is 0.412 e. The predicted molar refractivity (Wildman–Crippen MR) is 75.0 cm³/mol. The minimum Gasteiger partial charge on any atom is -0.311 e. The Bertz CT molecular complexity index is 674. The van der Waals surface area contributed by atoms with Gasteiger partial charge in [-0.1, -0.05) is 15.9 Å². The van der Waals surface area contributed by atoms with Crippen LogP contribution in [0.5, 0.6) is 0 Å². The monoisotopic (exact) mass is 366 g/mol. The highest BCUT2D eigenvalue weighted by Gasteiger charge is 2.66. The van der Waals surface area contributed by atoms with Crippen LogP contribution in [0.1, 0.15) is 31.0 Å². The molecule has 2 aromatic rings. The van der Waals surface area contributed by atoms with E-state index >= 15 is 0 Å². The molecule has 2 nitrogen and oxygen atoms in total. The number of aromatic nitrogens is 2. The Balaban J connectivity index is 2.31. The van der Waals surface area contributed by atoms with Crippen LogP contribution in [0.15, 0.2) is 22.7 Å². The van der Waals surface area contributed by atoms with E-state index < -0.39 is 17.1 Å². The topological polar surface area (TPSA) is 17.8 Å². The molecule has 0 spiro atoms. The number of hydrogen-bond donors (Lipinski definition) is 0. The summed E-state index contributed by atoms with van der Waals surface area (Å²) in [5, 5.41) is -0.582. The van der Waals surface area contributed by atoms with Crippen molar-refractivity contribution < 1.29 is 13.2 Å². The molecule has 1 heterocycles. The molecule has 0 amide bonds. The van der Waals surface area contributed by atoms with Gasteiger partial charge in [-0.2, -0.15) is 13.2 Å². The van der Waals surface area contributed by atoms with Crippen LogP contribution < -0.4 is 0 Å². The van der Waals surface area contributed by atoms with Gasteiger partial charge in [-0.3, -0.25) is 0 Å². The van der Waals surface area contributed by atoms with E-state index in [0.29, 0.717) is 11.0 Å². The second-order valence-corrected chi connectivity index (χ2v) is 6.65. The molecule has 7 heteroatoms. The number of rotatable bonds is 2. The SMILES string of the molecule is CC(Cl)c1nc2cc(Br)ccc2n1C1(C(F)(F)F)CC1. The lowest BCUT2D eigenvalue weighted by atomic mass is 10.2. The molecule has 1 saturated carbocycles. The Morgan fingerprint density at radius 3 is 2.55 bits per heavy atom. The molecule has 108 valence electrons.